The molecule has 0 amide bonds. The first-order chi connectivity index (χ1) is 8.24. The Bertz CT molecular complexity index is 653. The molecule has 0 unspecified atom stereocenters. The summed E-state index contributed by atoms with van der Waals surface area (Å²) in [6.07, 6.45) is 0. The predicted octanol–water partition coefficient (Wildman–Crippen LogP) is 3.25. The molecule has 0 atom stereocenters. The molecule has 17 heavy (non-hydrogen) atoms. The lowest BCUT2D eigenvalue weighted by Crippen LogP contribution is -1.78. The number of nitrogens with one attached hydrogen (secondary N) is 1. The number of aromatic hydroxyl groups is 2. The van der Waals surface area contributed by atoms with E-state index in [4.69, 9.17) is 0 Å². The second kappa shape index (κ2) is 3.56. The van der Waals surface area contributed by atoms with Crippen molar-refractivity contribution in [3.8, 4) is 22.8 Å². The molecule has 0 spiro atoms. The summed E-state index contributed by atoms with van der Waals surface area (Å²) in [4.78, 5) is 3.23. The standard InChI is InChI=1S/C14H11NO2/c16-10-5-6-11(14(17)8-10)13-7-9-3-1-2-4-12(9)15-13/h1-8,15-17H. The number of fused-ring (bicyclic) bond motifs is 1. The average molecular weight is 225 g/mol. The average Bonchev–Trinajstić information content (AvgIpc) is 2.72. The molecule has 0 saturated heterocycles. The van der Waals surface area contributed by atoms with E-state index in [2.05, 4.69) is 4.98 Å². The third-order valence-electron chi connectivity index (χ3n) is 2.80. The molecule has 1 heterocycles. The van der Waals surface area contributed by atoms with E-state index in [0.29, 0.717) is 5.56 Å². The van der Waals surface area contributed by atoms with Crippen LogP contribution in [0, 0.1) is 0 Å². The van der Waals surface area contributed by atoms with Crippen molar-refractivity contribution in [2.45, 2.75) is 0 Å². The number of phenolic OH excluding ortho intramolecular Hbond substituents is 2. The van der Waals surface area contributed by atoms with Gasteiger partial charge in [0.2, 0.25) is 0 Å². The minimum absolute atomic E-state index is 0.0577. The van der Waals surface area contributed by atoms with E-state index in [-0.39, 0.29) is 11.5 Å². The Labute approximate surface area is 98.0 Å². The number of para-hydroxylation sites is 1. The first kappa shape index (κ1) is 9.78. The molecule has 0 aliphatic carbocycles. The Balaban J connectivity index is 2.20. The van der Waals surface area contributed by atoms with Crippen molar-refractivity contribution in [3.63, 3.8) is 0 Å². The highest BCUT2D eigenvalue weighted by Gasteiger charge is 2.07. The lowest BCUT2D eigenvalue weighted by atomic mass is 10.1. The molecule has 0 saturated carbocycles. The van der Waals surface area contributed by atoms with Gasteiger partial charge in [0.15, 0.2) is 0 Å². The SMILES string of the molecule is Oc1ccc(-c2cc3ccccc3[nH]2)c(O)c1. The first-order valence-corrected chi connectivity index (χ1v) is 5.34. The summed E-state index contributed by atoms with van der Waals surface area (Å²) in [7, 11) is 0. The molecule has 0 aliphatic rings. The molecule has 0 aliphatic heterocycles. The van der Waals surface area contributed by atoms with Crippen LogP contribution in [0.4, 0.5) is 0 Å². The fourth-order valence-corrected chi connectivity index (χ4v) is 1.97. The van der Waals surface area contributed by atoms with Gasteiger partial charge in [-0.2, -0.15) is 0 Å². The summed E-state index contributed by atoms with van der Waals surface area (Å²) < 4.78 is 0. The number of aromatic amines is 1. The summed E-state index contributed by atoms with van der Waals surface area (Å²) in [5, 5.41) is 20.1. The summed E-state index contributed by atoms with van der Waals surface area (Å²) in [6.45, 7) is 0. The maximum atomic E-state index is 9.79. The fraction of sp³-hybridized carbons (Fsp3) is 0. The van der Waals surface area contributed by atoms with Gasteiger partial charge in [0.1, 0.15) is 11.5 Å². The minimum atomic E-state index is 0.0577. The van der Waals surface area contributed by atoms with Crippen LogP contribution >= 0.6 is 0 Å². The summed E-state index contributed by atoms with van der Waals surface area (Å²) in [5.74, 6) is 0.124. The number of benzene rings is 2. The molecule has 0 bridgehead atoms. The zero-order valence-electron chi connectivity index (χ0n) is 9.01. The summed E-state index contributed by atoms with van der Waals surface area (Å²) in [5.41, 5.74) is 2.54. The van der Waals surface area contributed by atoms with Gasteiger partial charge >= 0.3 is 0 Å². The molecule has 3 N–H and O–H groups in total. The van der Waals surface area contributed by atoms with Gasteiger partial charge < -0.3 is 15.2 Å². The zero-order chi connectivity index (χ0) is 11.8. The topological polar surface area (TPSA) is 56.2 Å². The van der Waals surface area contributed by atoms with Gasteiger partial charge in [-0.15, -0.1) is 0 Å². The van der Waals surface area contributed by atoms with Crippen LogP contribution in [0.2, 0.25) is 0 Å². The van der Waals surface area contributed by atoms with Gasteiger partial charge in [-0.1, -0.05) is 18.2 Å². The molecule has 0 fully saturated rings. The van der Waals surface area contributed by atoms with Crippen LogP contribution in [0.25, 0.3) is 22.2 Å². The highest BCUT2D eigenvalue weighted by Crippen LogP contribution is 2.33. The van der Waals surface area contributed by atoms with Crippen molar-refractivity contribution >= 4 is 10.9 Å². The van der Waals surface area contributed by atoms with Crippen molar-refractivity contribution in [1.82, 2.24) is 4.98 Å². The maximum absolute atomic E-state index is 9.79. The second-order valence-corrected chi connectivity index (χ2v) is 3.97. The smallest absolute Gasteiger partial charge is 0.128 e. The lowest BCUT2D eigenvalue weighted by molar-refractivity contribution is 0.452. The third-order valence-corrected chi connectivity index (χ3v) is 2.80. The Kier molecular flexibility index (Phi) is 2.05. The van der Waals surface area contributed by atoms with Crippen molar-refractivity contribution in [2.24, 2.45) is 0 Å². The van der Waals surface area contributed by atoms with E-state index >= 15 is 0 Å². The highest BCUT2D eigenvalue weighted by atomic mass is 16.3. The van der Waals surface area contributed by atoms with E-state index in [1.165, 1.54) is 6.07 Å². The molecule has 3 rings (SSSR count). The van der Waals surface area contributed by atoms with Gasteiger partial charge in [0.25, 0.3) is 0 Å². The number of phenols is 2. The molecule has 84 valence electrons. The fourth-order valence-electron chi connectivity index (χ4n) is 1.97. The highest BCUT2D eigenvalue weighted by molar-refractivity contribution is 5.87. The van der Waals surface area contributed by atoms with Crippen molar-refractivity contribution < 1.29 is 10.2 Å². The number of aromatic nitrogens is 1. The number of hydrogen-bond acceptors (Lipinski definition) is 2. The quantitative estimate of drug-likeness (QED) is 0.595. The van der Waals surface area contributed by atoms with Gasteiger partial charge in [0.05, 0.1) is 5.69 Å². The molecular weight excluding hydrogens is 214 g/mol. The van der Waals surface area contributed by atoms with Crippen molar-refractivity contribution in [3.05, 3.63) is 48.5 Å². The van der Waals surface area contributed by atoms with Gasteiger partial charge in [-0.3, -0.25) is 0 Å². The molecule has 2 aromatic carbocycles. The molecular formula is C14H11NO2. The van der Waals surface area contributed by atoms with Crippen LogP contribution in [0.1, 0.15) is 0 Å². The summed E-state index contributed by atoms with van der Waals surface area (Å²) >= 11 is 0. The second-order valence-electron chi connectivity index (χ2n) is 3.97. The number of rotatable bonds is 1. The first-order valence-electron chi connectivity index (χ1n) is 5.34. The third kappa shape index (κ3) is 1.61. The van der Waals surface area contributed by atoms with Crippen LogP contribution < -0.4 is 0 Å². The van der Waals surface area contributed by atoms with Crippen LogP contribution in [-0.2, 0) is 0 Å². The Hall–Kier alpha value is -2.42. The molecule has 3 nitrogen and oxygen atoms in total. The number of hydrogen-bond donors (Lipinski definition) is 3. The van der Waals surface area contributed by atoms with E-state index < -0.39 is 0 Å². The molecule has 3 aromatic rings. The van der Waals surface area contributed by atoms with Crippen LogP contribution in [0.5, 0.6) is 11.5 Å². The van der Waals surface area contributed by atoms with Crippen molar-refractivity contribution in [1.29, 1.82) is 0 Å². The Morgan fingerprint density at radius 3 is 2.47 bits per heavy atom. The van der Waals surface area contributed by atoms with Crippen LogP contribution in [0.3, 0.4) is 0 Å². The monoisotopic (exact) mass is 225 g/mol. The molecule has 0 radical (unpaired) electrons. The van der Waals surface area contributed by atoms with Gasteiger partial charge in [-0.05, 0) is 24.3 Å². The van der Waals surface area contributed by atoms with E-state index in [0.717, 1.165) is 16.6 Å². The Morgan fingerprint density at radius 1 is 0.882 bits per heavy atom. The Morgan fingerprint density at radius 2 is 1.71 bits per heavy atom. The largest absolute Gasteiger partial charge is 0.508 e. The van der Waals surface area contributed by atoms with Gasteiger partial charge in [-0.25, -0.2) is 0 Å². The molecule has 1 aromatic heterocycles. The maximum Gasteiger partial charge on any atom is 0.128 e. The summed E-state index contributed by atoms with van der Waals surface area (Å²) in [6, 6.07) is 14.5. The normalized spacial score (nSPS) is 10.8. The van der Waals surface area contributed by atoms with Crippen LogP contribution in [0.15, 0.2) is 48.5 Å². The van der Waals surface area contributed by atoms with Gasteiger partial charge in [0, 0.05) is 22.5 Å². The minimum Gasteiger partial charge on any atom is -0.508 e. The van der Waals surface area contributed by atoms with Crippen LogP contribution in [-0.4, -0.2) is 15.2 Å². The van der Waals surface area contributed by atoms with E-state index in [1.54, 1.807) is 12.1 Å². The predicted molar refractivity (Wildman–Crippen MR) is 67.1 cm³/mol. The number of H-pyrrole nitrogens is 1. The molecule has 3 heteroatoms. The van der Waals surface area contributed by atoms with E-state index in [1.807, 2.05) is 30.3 Å². The van der Waals surface area contributed by atoms with Crippen molar-refractivity contribution in [2.75, 3.05) is 0 Å². The van der Waals surface area contributed by atoms with E-state index in [9.17, 15) is 10.2 Å². The lowest BCUT2D eigenvalue weighted by Gasteiger charge is -2.02. The zero-order valence-corrected chi connectivity index (χ0v) is 9.01.